The largest absolute Gasteiger partial charge is 0.478 e. The van der Waals surface area contributed by atoms with Gasteiger partial charge in [-0.05, 0) is 174 Å². The van der Waals surface area contributed by atoms with Crippen molar-refractivity contribution in [2.24, 2.45) is 0 Å². The quantitative estimate of drug-likeness (QED) is 0.113. The maximum atomic E-state index is 14.9. The lowest BCUT2D eigenvalue weighted by atomic mass is 9.95. The fraction of sp³-hybridized carbons (Fsp3) is 0.227. The highest BCUT2D eigenvalue weighted by molar-refractivity contribution is 6.04. The predicted octanol–water partition coefficient (Wildman–Crippen LogP) is 11.6. The molecule has 3 aliphatic heterocycles. The van der Waals surface area contributed by atoms with Crippen LogP contribution in [0.2, 0.25) is 0 Å². The second-order valence-corrected chi connectivity index (χ2v) is 21.7. The molecule has 1 N–H and O–H groups in total. The Bertz CT molecular complexity index is 4430. The molecule has 0 radical (unpaired) electrons. The van der Waals surface area contributed by atoms with Crippen molar-refractivity contribution in [3.63, 3.8) is 0 Å². The Morgan fingerprint density at radius 3 is 1.90 bits per heavy atom. The Balaban J connectivity index is 0.000000196. The number of nitrogens with zero attached hydrogens (tertiary/aromatic N) is 14. The number of carboxylic acids is 1. The normalized spacial score (nSPS) is 14.5. The Hall–Kier alpha value is -10.1. The van der Waals surface area contributed by atoms with Crippen LogP contribution in [0.5, 0.6) is 0 Å². The Kier molecular flexibility index (Phi) is 13.9. The van der Waals surface area contributed by atoms with Gasteiger partial charge in [0.1, 0.15) is 35.5 Å². The minimum absolute atomic E-state index is 0.146. The minimum atomic E-state index is -0.947. The predicted molar refractivity (Wildman–Crippen MR) is 319 cm³/mol. The fourth-order valence-corrected chi connectivity index (χ4v) is 12.5. The number of carbonyl (C=O) groups is 2. The molecule has 3 aromatic carbocycles. The standard InChI is InChI=1S/C44H39FN10O.C22H18N4O2/c1-27-8-6-10-34(49-27)42-39(28-12-14-29(45)15-13-28)37-18-19-38(55(37)51-42)43(52(2)3)44(56)53(25-21-46)30-16-17-31-32(20-23-48-35(31)26-30)40-36-11-7-24-54(36)50-41(40)33-9-4-5-22-47-33;1-13-4-2-5-18(24-13)21-20(19-6-3-11-26(19)25-21)15-9-10-23-17-8-7-14(22(27)28)12-16(15)17/h4-6,8-10,12-17,20,22-23,26,38,43H,7,11,18-19,24-25H2,1-3H3;2,4-5,7-10,12H,3,6,11H2,1H3,(H,27,28)/t38-,43?;/m1./s1. The van der Waals surface area contributed by atoms with Crippen LogP contribution in [0.1, 0.15) is 64.1 Å². The number of hydrogen-bond acceptors (Lipinski definition) is 12. The number of benzene rings is 3. The number of pyridine rings is 5. The number of aromatic nitrogens is 11. The minimum Gasteiger partial charge on any atom is -0.478 e. The topological polar surface area (TPSA) is 203 Å². The summed E-state index contributed by atoms with van der Waals surface area (Å²) in [6, 6.07) is 40.1. The third kappa shape index (κ3) is 9.61. The lowest BCUT2D eigenvalue weighted by molar-refractivity contribution is -0.124. The number of rotatable bonds is 12. The lowest BCUT2D eigenvalue weighted by Gasteiger charge is -2.33. The van der Waals surface area contributed by atoms with Crippen LogP contribution in [-0.2, 0) is 37.1 Å². The van der Waals surface area contributed by atoms with Gasteiger partial charge in [0.2, 0.25) is 5.91 Å². The van der Waals surface area contributed by atoms with Crippen LogP contribution in [0.3, 0.4) is 0 Å². The first-order valence-corrected chi connectivity index (χ1v) is 28.1. The monoisotopic (exact) mass is 1110 g/mol. The lowest BCUT2D eigenvalue weighted by Crippen LogP contribution is -2.50. The molecule has 1 unspecified atom stereocenters. The number of carboxylic acid groups (broad SMARTS) is 1. The van der Waals surface area contributed by atoms with Gasteiger partial charge < -0.3 is 5.11 Å². The molecule has 11 heterocycles. The van der Waals surface area contributed by atoms with Crippen molar-refractivity contribution in [1.29, 1.82) is 5.26 Å². The van der Waals surface area contributed by atoms with Crippen LogP contribution in [0.4, 0.5) is 10.1 Å². The summed E-state index contributed by atoms with van der Waals surface area (Å²) in [6.45, 7) is 5.50. The van der Waals surface area contributed by atoms with Crippen molar-refractivity contribution in [3.05, 3.63) is 186 Å². The van der Waals surface area contributed by atoms with Gasteiger partial charge in [0, 0.05) is 93.3 Å². The maximum absolute atomic E-state index is 14.9. The SMILES string of the molecule is Cc1cccc(-c2nn3c(c2-c2ccc(F)cc2)CC[C@@H]3C(C(=O)N(CC#N)c2ccc3c(-c4c(-c5ccccn5)nn5c4CCC5)ccnc3c2)N(C)C)n1.Cc1cccc(-c2nn3c(c2-c2ccnc4ccc(C(=O)O)cc24)CCC3)n1. The highest BCUT2D eigenvalue weighted by Gasteiger charge is 2.42. The molecule has 11 aromatic rings. The number of aryl methyl sites for hydroxylation is 4. The van der Waals surface area contributed by atoms with E-state index in [0.717, 1.165) is 128 Å². The summed E-state index contributed by atoms with van der Waals surface area (Å²) in [6.07, 6.45) is 10.6. The van der Waals surface area contributed by atoms with Crippen LogP contribution in [0.15, 0.2) is 146 Å². The van der Waals surface area contributed by atoms with E-state index in [9.17, 15) is 24.3 Å². The molecule has 2 atom stereocenters. The Labute approximate surface area is 483 Å². The molecular formula is C66H57FN14O3. The number of amides is 1. The van der Waals surface area contributed by atoms with E-state index in [-0.39, 0.29) is 29.9 Å². The number of anilines is 1. The number of carbonyl (C=O) groups excluding carboxylic acids is 1. The van der Waals surface area contributed by atoms with Gasteiger partial charge in [0.25, 0.3) is 0 Å². The first-order valence-electron chi connectivity index (χ1n) is 28.1. The average molecular weight is 1110 g/mol. The number of fused-ring (bicyclic) bond motifs is 5. The zero-order valence-electron chi connectivity index (χ0n) is 46.8. The number of aromatic carboxylic acids is 1. The average Bonchev–Trinajstić information content (AvgIpc) is 2.32. The van der Waals surface area contributed by atoms with Crippen molar-refractivity contribution in [1.82, 2.24) is 59.2 Å². The molecule has 8 aromatic heterocycles. The van der Waals surface area contributed by atoms with Gasteiger partial charge in [0.15, 0.2) is 0 Å². The molecule has 0 bridgehead atoms. The number of likely N-dealkylation sites (N-methyl/N-ethyl adjacent to an activating group) is 1. The molecule has 84 heavy (non-hydrogen) atoms. The summed E-state index contributed by atoms with van der Waals surface area (Å²) in [4.78, 5) is 53.2. The molecule has 0 aliphatic carbocycles. The second kappa shape index (κ2) is 22.0. The van der Waals surface area contributed by atoms with E-state index in [1.54, 1.807) is 53.8 Å². The molecule has 0 saturated heterocycles. The zero-order chi connectivity index (χ0) is 57.8. The van der Waals surface area contributed by atoms with E-state index < -0.39 is 12.0 Å². The molecule has 3 aliphatic rings. The van der Waals surface area contributed by atoms with Crippen LogP contribution in [0.25, 0.3) is 89.4 Å². The van der Waals surface area contributed by atoms with Gasteiger partial charge in [-0.3, -0.25) is 53.6 Å². The maximum Gasteiger partial charge on any atom is 0.335 e. The summed E-state index contributed by atoms with van der Waals surface area (Å²) in [5.41, 5.74) is 17.9. The van der Waals surface area contributed by atoms with E-state index in [0.29, 0.717) is 35.4 Å². The smallest absolute Gasteiger partial charge is 0.335 e. The van der Waals surface area contributed by atoms with Crippen LogP contribution >= 0.6 is 0 Å². The molecule has 0 spiro atoms. The van der Waals surface area contributed by atoms with E-state index >= 15 is 0 Å². The molecule has 17 nitrogen and oxygen atoms in total. The Morgan fingerprint density at radius 2 is 1.29 bits per heavy atom. The molecule has 18 heteroatoms. The fourth-order valence-electron chi connectivity index (χ4n) is 12.5. The summed E-state index contributed by atoms with van der Waals surface area (Å²) in [5, 5.41) is 36.3. The molecular weight excluding hydrogens is 1060 g/mol. The van der Waals surface area contributed by atoms with Gasteiger partial charge in [0.05, 0.1) is 45.8 Å². The summed E-state index contributed by atoms with van der Waals surface area (Å²) >= 11 is 0. The molecule has 14 rings (SSSR count). The Morgan fingerprint density at radius 1 is 0.655 bits per heavy atom. The van der Waals surface area contributed by atoms with Crippen molar-refractivity contribution in [3.8, 4) is 73.6 Å². The van der Waals surface area contributed by atoms with Gasteiger partial charge in [-0.15, -0.1) is 0 Å². The van der Waals surface area contributed by atoms with E-state index in [1.165, 1.54) is 23.5 Å². The van der Waals surface area contributed by atoms with Crippen LogP contribution < -0.4 is 4.90 Å². The summed E-state index contributed by atoms with van der Waals surface area (Å²) in [7, 11) is 3.77. The molecule has 416 valence electrons. The van der Waals surface area contributed by atoms with E-state index in [4.69, 9.17) is 25.3 Å². The number of nitriles is 1. The highest BCUT2D eigenvalue weighted by atomic mass is 19.1. The van der Waals surface area contributed by atoms with Gasteiger partial charge in [-0.2, -0.15) is 20.6 Å². The first kappa shape index (κ1) is 53.2. The number of hydrogen-bond donors (Lipinski definition) is 1. The van der Waals surface area contributed by atoms with Gasteiger partial charge >= 0.3 is 5.97 Å². The van der Waals surface area contributed by atoms with Crippen molar-refractivity contribution in [2.45, 2.75) is 77.5 Å². The van der Waals surface area contributed by atoms with Crippen molar-refractivity contribution >= 4 is 39.4 Å². The van der Waals surface area contributed by atoms with E-state index in [1.807, 2.05) is 122 Å². The molecule has 0 saturated carbocycles. The summed E-state index contributed by atoms with van der Waals surface area (Å²) < 4.78 is 20.2. The van der Waals surface area contributed by atoms with Gasteiger partial charge in [-0.1, -0.05) is 36.4 Å². The third-order valence-electron chi connectivity index (χ3n) is 16.2. The van der Waals surface area contributed by atoms with Crippen LogP contribution in [-0.4, -0.2) is 103 Å². The molecule has 0 fully saturated rings. The number of halogens is 1. The molecule has 1 amide bonds. The third-order valence-corrected chi connectivity index (χ3v) is 16.2. The summed E-state index contributed by atoms with van der Waals surface area (Å²) in [5.74, 6) is -1.48. The van der Waals surface area contributed by atoms with Gasteiger partial charge in [-0.25, -0.2) is 9.18 Å². The van der Waals surface area contributed by atoms with Crippen LogP contribution in [0, 0.1) is 31.0 Å². The van der Waals surface area contributed by atoms with E-state index in [2.05, 4.69) is 30.4 Å². The highest BCUT2D eigenvalue weighted by Crippen LogP contribution is 2.45. The second-order valence-electron chi connectivity index (χ2n) is 21.7. The van der Waals surface area contributed by atoms with Crippen molar-refractivity contribution < 1.29 is 19.1 Å². The zero-order valence-corrected chi connectivity index (χ0v) is 46.8. The first-order chi connectivity index (χ1) is 40.9. The van der Waals surface area contributed by atoms with Crippen molar-refractivity contribution in [2.75, 3.05) is 25.5 Å².